The lowest BCUT2D eigenvalue weighted by atomic mass is 9.99. The topological polar surface area (TPSA) is 91.8 Å². The second kappa shape index (κ2) is 6.74. The molecule has 1 fully saturated rings. The fraction of sp³-hybridized carbons (Fsp3) is 0.353. The number of likely N-dealkylation sites (tertiary alicyclic amines) is 1. The number of fused-ring (bicyclic) bond motifs is 1. The quantitative estimate of drug-likeness (QED) is 0.903. The summed E-state index contributed by atoms with van der Waals surface area (Å²) < 4.78 is 5.22. The number of carboxylic acid groups (broad SMARTS) is 1. The van der Waals surface area contributed by atoms with Crippen molar-refractivity contribution in [3.05, 3.63) is 30.5 Å². The Morgan fingerprint density at radius 1 is 1.38 bits per heavy atom. The first kappa shape index (κ1) is 16.0. The number of aliphatic carboxylic acids is 1. The minimum atomic E-state index is -0.849. The molecule has 1 saturated heterocycles. The lowest BCUT2D eigenvalue weighted by Crippen LogP contribution is -2.44. The third kappa shape index (κ3) is 3.24. The van der Waals surface area contributed by atoms with Gasteiger partial charge in [-0.25, -0.2) is 9.78 Å². The van der Waals surface area contributed by atoms with Crippen LogP contribution >= 0.6 is 0 Å². The van der Waals surface area contributed by atoms with Crippen molar-refractivity contribution < 1.29 is 19.4 Å². The normalized spacial score (nSPS) is 17.5. The van der Waals surface area contributed by atoms with Gasteiger partial charge in [0.05, 0.1) is 13.0 Å². The van der Waals surface area contributed by atoms with Gasteiger partial charge in [-0.1, -0.05) is 0 Å². The van der Waals surface area contributed by atoms with Crippen LogP contribution in [0.15, 0.2) is 30.5 Å². The highest BCUT2D eigenvalue weighted by atomic mass is 16.5. The second-order valence-corrected chi connectivity index (χ2v) is 5.81. The van der Waals surface area contributed by atoms with E-state index in [9.17, 15) is 9.59 Å². The average Bonchev–Trinajstić information content (AvgIpc) is 2.61. The van der Waals surface area contributed by atoms with Crippen LogP contribution in [0.5, 0.6) is 5.88 Å². The number of nitrogens with zero attached hydrogens (tertiary/aromatic N) is 2. The van der Waals surface area contributed by atoms with E-state index in [4.69, 9.17) is 9.84 Å². The van der Waals surface area contributed by atoms with Crippen LogP contribution in [0.4, 0.5) is 10.5 Å². The van der Waals surface area contributed by atoms with Crippen molar-refractivity contribution in [3.63, 3.8) is 0 Å². The van der Waals surface area contributed by atoms with E-state index in [1.807, 2.05) is 18.2 Å². The van der Waals surface area contributed by atoms with Crippen molar-refractivity contribution in [1.82, 2.24) is 9.88 Å². The summed E-state index contributed by atoms with van der Waals surface area (Å²) in [5, 5.41) is 13.7. The van der Waals surface area contributed by atoms with Crippen LogP contribution < -0.4 is 10.1 Å². The summed E-state index contributed by atoms with van der Waals surface area (Å²) in [6.07, 6.45) is 2.96. The first-order valence-corrected chi connectivity index (χ1v) is 7.80. The van der Waals surface area contributed by atoms with Gasteiger partial charge in [-0.2, -0.15) is 0 Å². The van der Waals surface area contributed by atoms with E-state index in [0.717, 1.165) is 10.8 Å². The highest BCUT2D eigenvalue weighted by molar-refractivity contribution is 5.95. The van der Waals surface area contributed by atoms with Crippen LogP contribution in [0.3, 0.4) is 0 Å². The number of benzene rings is 1. The van der Waals surface area contributed by atoms with Gasteiger partial charge in [0, 0.05) is 30.4 Å². The van der Waals surface area contributed by atoms with Crippen molar-refractivity contribution in [3.8, 4) is 5.88 Å². The minimum Gasteiger partial charge on any atom is -0.481 e. The maximum Gasteiger partial charge on any atom is 0.321 e. The number of rotatable bonds is 3. The molecule has 7 nitrogen and oxygen atoms in total. The van der Waals surface area contributed by atoms with Crippen LogP contribution in [-0.2, 0) is 4.79 Å². The van der Waals surface area contributed by atoms with E-state index >= 15 is 0 Å². The number of nitrogens with one attached hydrogen (secondary N) is 1. The number of pyridine rings is 1. The number of urea groups is 1. The van der Waals surface area contributed by atoms with Crippen molar-refractivity contribution in [2.75, 3.05) is 25.5 Å². The first-order chi connectivity index (χ1) is 11.6. The lowest BCUT2D eigenvalue weighted by molar-refractivity contribution is -0.143. The molecule has 2 heterocycles. The predicted molar refractivity (Wildman–Crippen MR) is 89.2 cm³/mol. The highest BCUT2D eigenvalue weighted by Gasteiger charge is 2.28. The molecule has 1 aliphatic rings. The molecule has 0 spiro atoms. The molecule has 2 N–H and O–H groups in total. The molecule has 1 unspecified atom stereocenters. The van der Waals surface area contributed by atoms with E-state index in [0.29, 0.717) is 31.0 Å². The first-order valence-electron chi connectivity index (χ1n) is 7.80. The number of carbonyl (C=O) groups is 2. The largest absolute Gasteiger partial charge is 0.481 e. The lowest BCUT2D eigenvalue weighted by Gasteiger charge is -2.30. The number of anilines is 1. The zero-order valence-corrected chi connectivity index (χ0v) is 13.4. The monoisotopic (exact) mass is 329 g/mol. The number of piperidine rings is 1. The molecule has 0 aliphatic carbocycles. The molecular formula is C17H19N3O4. The number of ether oxygens (including phenoxy) is 1. The Morgan fingerprint density at radius 3 is 2.96 bits per heavy atom. The maximum atomic E-state index is 12.4. The molecule has 2 aromatic rings. The van der Waals surface area contributed by atoms with Gasteiger partial charge < -0.3 is 20.1 Å². The van der Waals surface area contributed by atoms with E-state index in [1.165, 1.54) is 0 Å². The van der Waals surface area contributed by atoms with Gasteiger partial charge in [-0.3, -0.25) is 4.79 Å². The summed E-state index contributed by atoms with van der Waals surface area (Å²) in [6.45, 7) is 0.813. The molecule has 1 aromatic heterocycles. The molecule has 1 atom stereocenters. The average molecular weight is 329 g/mol. The molecule has 1 aromatic carbocycles. The van der Waals surface area contributed by atoms with Crippen molar-refractivity contribution >= 4 is 28.5 Å². The summed E-state index contributed by atoms with van der Waals surface area (Å²) in [6, 6.07) is 7.03. The Balaban J connectivity index is 1.74. The van der Waals surface area contributed by atoms with E-state index in [1.54, 1.807) is 24.3 Å². The van der Waals surface area contributed by atoms with Gasteiger partial charge >= 0.3 is 12.0 Å². The fourth-order valence-electron chi connectivity index (χ4n) is 2.96. The number of carbonyl (C=O) groups excluding carboxylic acids is 1. The van der Waals surface area contributed by atoms with Crippen LogP contribution in [-0.4, -0.2) is 47.2 Å². The molecule has 0 saturated carbocycles. The number of hydrogen-bond donors (Lipinski definition) is 2. The number of carboxylic acids is 1. The second-order valence-electron chi connectivity index (χ2n) is 5.81. The summed E-state index contributed by atoms with van der Waals surface area (Å²) in [5.41, 5.74) is 0.651. The third-order valence-electron chi connectivity index (χ3n) is 4.23. The van der Waals surface area contributed by atoms with Gasteiger partial charge in [0.2, 0.25) is 5.88 Å². The molecule has 3 rings (SSSR count). The fourth-order valence-corrected chi connectivity index (χ4v) is 2.96. The highest BCUT2D eigenvalue weighted by Crippen LogP contribution is 2.26. The van der Waals surface area contributed by atoms with Gasteiger partial charge in [0.1, 0.15) is 0 Å². The summed E-state index contributed by atoms with van der Waals surface area (Å²) in [4.78, 5) is 29.2. The molecule has 7 heteroatoms. The zero-order chi connectivity index (χ0) is 17.1. The van der Waals surface area contributed by atoms with Gasteiger partial charge in [0.15, 0.2) is 0 Å². The van der Waals surface area contributed by atoms with Crippen molar-refractivity contribution in [1.29, 1.82) is 0 Å². The number of amides is 2. The molecule has 24 heavy (non-hydrogen) atoms. The molecule has 0 bridgehead atoms. The smallest absolute Gasteiger partial charge is 0.321 e. The van der Waals surface area contributed by atoms with Crippen LogP contribution in [0, 0.1) is 5.92 Å². The van der Waals surface area contributed by atoms with Crippen LogP contribution in [0.2, 0.25) is 0 Å². The Morgan fingerprint density at radius 2 is 2.21 bits per heavy atom. The summed E-state index contributed by atoms with van der Waals surface area (Å²) in [7, 11) is 1.56. The Bertz CT molecular complexity index is 778. The van der Waals surface area contributed by atoms with Gasteiger partial charge in [0.25, 0.3) is 0 Å². The maximum absolute atomic E-state index is 12.4. The van der Waals surface area contributed by atoms with Gasteiger partial charge in [-0.15, -0.1) is 0 Å². The summed E-state index contributed by atoms with van der Waals surface area (Å²) in [5.74, 6) is -0.806. The van der Waals surface area contributed by atoms with Crippen LogP contribution in [0.25, 0.3) is 10.8 Å². The number of methoxy groups -OCH3 is 1. The SMILES string of the molecule is COc1nccc2cc(NC(=O)N3CCCC(C(=O)O)C3)ccc12. The minimum absolute atomic E-state index is 0.243. The Labute approximate surface area is 139 Å². The van der Waals surface area contributed by atoms with Crippen molar-refractivity contribution in [2.24, 2.45) is 5.92 Å². The standard InChI is InChI=1S/C17H19N3O4/c1-24-15-14-5-4-13(9-11(14)6-7-18-15)19-17(23)20-8-2-3-12(10-20)16(21)22/h4-7,9,12H,2-3,8,10H2,1H3,(H,19,23)(H,21,22). The van der Waals surface area contributed by atoms with E-state index < -0.39 is 11.9 Å². The molecule has 1 aliphatic heterocycles. The number of aromatic nitrogens is 1. The number of hydrogen-bond acceptors (Lipinski definition) is 4. The molecule has 126 valence electrons. The van der Waals surface area contributed by atoms with Gasteiger partial charge in [-0.05, 0) is 42.5 Å². The Kier molecular flexibility index (Phi) is 4.50. The zero-order valence-electron chi connectivity index (χ0n) is 13.4. The summed E-state index contributed by atoms with van der Waals surface area (Å²) >= 11 is 0. The molecule has 0 radical (unpaired) electrons. The predicted octanol–water partition coefficient (Wildman–Crippen LogP) is 2.57. The molecular weight excluding hydrogens is 310 g/mol. The Hall–Kier alpha value is -2.83. The van der Waals surface area contributed by atoms with E-state index in [-0.39, 0.29) is 12.6 Å². The third-order valence-corrected chi connectivity index (χ3v) is 4.23. The van der Waals surface area contributed by atoms with Crippen molar-refractivity contribution in [2.45, 2.75) is 12.8 Å². The van der Waals surface area contributed by atoms with Crippen LogP contribution in [0.1, 0.15) is 12.8 Å². The van der Waals surface area contributed by atoms with E-state index in [2.05, 4.69) is 10.3 Å². The molecule has 2 amide bonds.